The van der Waals surface area contributed by atoms with Crippen LogP contribution in [-0.4, -0.2) is 28.0 Å². The Bertz CT molecular complexity index is 1250. The molecule has 3 aromatic rings. The molecule has 1 aromatic carbocycles. The lowest BCUT2D eigenvalue weighted by molar-refractivity contribution is -0.137. The molecule has 3 heterocycles. The van der Waals surface area contributed by atoms with E-state index in [4.69, 9.17) is 22.3 Å². The average molecular weight is 518 g/mol. The predicted molar refractivity (Wildman–Crippen MR) is 138 cm³/mol. The Labute approximate surface area is 214 Å². The Hall–Kier alpha value is -2.87. The first-order valence-corrected chi connectivity index (χ1v) is 12.4. The topological polar surface area (TPSA) is 67.9 Å². The summed E-state index contributed by atoms with van der Waals surface area (Å²) < 4.78 is 39.6. The van der Waals surface area contributed by atoms with Crippen molar-refractivity contribution in [1.29, 1.82) is 0 Å². The van der Waals surface area contributed by atoms with E-state index in [9.17, 15) is 13.2 Å². The molecule has 0 fully saturated rings. The normalized spacial score (nSPS) is 16.7. The van der Waals surface area contributed by atoms with E-state index >= 15 is 0 Å². The maximum absolute atomic E-state index is 13.2. The lowest BCUT2D eigenvalue weighted by Crippen LogP contribution is -2.30. The number of benzene rings is 1. The second-order valence-corrected chi connectivity index (χ2v) is 11.0. The fourth-order valence-electron chi connectivity index (χ4n) is 4.53. The first-order chi connectivity index (χ1) is 16.8. The monoisotopic (exact) mass is 517 g/mol. The molecule has 0 spiro atoms. The van der Waals surface area contributed by atoms with Crippen molar-refractivity contribution in [2.75, 3.05) is 23.7 Å². The third-order valence-corrected chi connectivity index (χ3v) is 6.86. The molecule has 0 saturated carbocycles. The zero-order valence-corrected chi connectivity index (χ0v) is 21.9. The summed E-state index contributed by atoms with van der Waals surface area (Å²) in [7, 11) is 0. The molecule has 4 rings (SSSR count). The molecule has 1 unspecified atom stereocenters. The van der Waals surface area contributed by atoms with Gasteiger partial charge in [0.05, 0.1) is 16.3 Å². The summed E-state index contributed by atoms with van der Waals surface area (Å²) in [6.07, 6.45) is -3.15. The van der Waals surface area contributed by atoms with Gasteiger partial charge in [-0.1, -0.05) is 70.5 Å². The van der Waals surface area contributed by atoms with Crippen LogP contribution in [0.5, 0.6) is 0 Å². The van der Waals surface area contributed by atoms with Crippen LogP contribution >= 0.6 is 11.6 Å². The van der Waals surface area contributed by atoms with Crippen molar-refractivity contribution >= 4 is 23.2 Å². The molecule has 1 aliphatic rings. The van der Waals surface area contributed by atoms with Crippen LogP contribution in [0.15, 0.2) is 36.5 Å². The molecule has 1 aliphatic heterocycles. The molecule has 36 heavy (non-hydrogen) atoms. The molecular weight excluding hydrogens is 487 g/mol. The Balaban J connectivity index is 1.81. The number of hydrogen-bond donors (Lipinski definition) is 1. The molecule has 5 nitrogen and oxygen atoms in total. The highest BCUT2D eigenvalue weighted by molar-refractivity contribution is 6.33. The van der Waals surface area contributed by atoms with E-state index in [-0.39, 0.29) is 22.3 Å². The molecule has 9 heteroatoms. The number of rotatable bonds is 3. The number of nitrogens with zero attached hydrogens (tertiary/aromatic N) is 4. The minimum Gasteiger partial charge on any atom is -0.383 e. The molecule has 0 aliphatic carbocycles. The predicted octanol–water partition coefficient (Wildman–Crippen LogP) is 6.74. The summed E-state index contributed by atoms with van der Waals surface area (Å²) in [6, 6.07) is 9.30. The van der Waals surface area contributed by atoms with Crippen molar-refractivity contribution in [1.82, 2.24) is 15.0 Å². The van der Waals surface area contributed by atoms with Crippen LogP contribution in [-0.2, 0) is 18.0 Å². The smallest absolute Gasteiger partial charge is 0.383 e. The zero-order chi connectivity index (χ0) is 26.4. The lowest BCUT2D eigenvalue weighted by atomic mass is 9.84. The standard InChI is InChI=1S/C27H31ClF3N5/c1-15(2)24-34-21-10-11-36(25-20(28)12-18(13-33-25)27(29,30)31)14-19(22(21)23(32)35-24)16-6-8-17(9-7-16)26(3,4)5/h6-9,12-13,15,19H,10-11,14H2,1-5H3,(H2,32,34,35). The number of aromatic nitrogens is 3. The number of halogens is 4. The number of nitrogen functional groups attached to an aromatic ring is 1. The van der Waals surface area contributed by atoms with Crippen LogP contribution in [0.25, 0.3) is 0 Å². The average Bonchev–Trinajstić information content (AvgIpc) is 2.98. The SMILES string of the molecule is CC(C)c1nc(N)c2c(n1)CCN(c1ncc(C(F)(F)F)cc1Cl)CC2c1ccc(C(C)(C)C)cc1. The summed E-state index contributed by atoms with van der Waals surface area (Å²) >= 11 is 6.34. The van der Waals surface area contributed by atoms with Crippen LogP contribution < -0.4 is 10.6 Å². The van der Waals surface area contributed by atoms with Crippen LogP contribution in [0.1, 0.15) is 80.2 Å². The zero-order valence-electron chi connectivity index (χ0n) is 21.1. The van der Waals surface area contributed by atoms with Gasteiger partial charge in [0.25, 0.3) is 0 Å². The highest BCUT2D eigenvalue weighted by Crippen LogP contribution is 2.39. The summed E-state index contributed by atoms with van der Waals surface area (Å²) in [6.45, 7) is 11.4. The van der Waals surface area contributed by atoms with Gasteiger partial charge in [-0.15, -0.1) is 0 Å². The van der Waals surface area contributed by atoms with Crippen LogP contribution in [0.3, 0.4) is 0 Å². The largest absolute Gasteiger partial charge is 0.417 e. The number of nitrogens with two attached hydrogens (primary N) is 1. The van der Waals surface area contributed by atoms with Crippen LogP contribution in [0.4, 0.5) is 24.8 Å². The molecule has 0 amide bonds. The summed E-state index contributed by atoms with van der Waals surface area (Å²) in [5, 5.41) is -0.0421. The number of hydrogen-bond acceptors (Lipinski definition) is 5. The van der Waals surface area contributed by atoms with Crippen LogP contribution in [0.2, 0.25) is 5.02 Å². The Kier molecular flexibility index (Phi) is 6.94. The second kappa shape index (κ2) is 9.54. The van der Waals surface area contributed by atoms with Gasteiger partial charge in [-0.2, -0.15) is 13.2 Å². The van der Waals surface area contributed by atoms with Crippen molar-refractivity contribution in [3.05, 3.63) is 75.3 Å². The minimum atomic E-state index is -4.52. The second-order valence-electron chi connectivity index (χ2n) is 10.6. The third kappa shape index (κ3) is 5.28. The molecular formula is C27H31ClF3N5. The van der Waals surface area contributed by atoms with E-state index in [1.165, 1.54) is 5.56 Å². The van der Waals surface area contributed by atoms with Gasteiger partial charge in [-0.25, -0.2) is 15.0 Å². The van der Waals surface area contributed by atoms with Gasteiger partial charge in [0, 0.05) is 43.1 Å². The van der Waals surface area contributed by atoms with E-state index in [2.05, 4.69) is 55.0 Å². The first kappa shape index (κ1) is 26.2. The van der Waals surface area contributed by atoms with Crippen LogP contribution in [0, 0.1) is 0 Å². The molecule has 2 aromatic heterocycles. The van der Waals surface area contributed by atoms with Crippen molar-refractivity contribution < 1.29 is 13.2 Å². The number of pyridine rings is 1. The van der Waals surface area contributed by atoms with Gasteiger partial charge >= 0.3 is 6.18 Å². The van der Waals surface area contributed by atoms with Crippen molar-refractivity contribution in [3.8, 4) is 0 Å². The van der Waals surface area contributed by atoms with Gasteiger partial charge in [-0.3, -0.25) is 0 Å². The molecule has 0 bridgehead atoms. The van der Waals surface area contributed by atoms with E-state index in [1.807, 2.05) is 18.7 Å². The maximum Gasteiger partial charge on any atom is 0.417 e. The quantitative estimate of drug-likeness (QED) is 0.416. The molecule has 0 saturated heterocycles. The van der Waals surface area contributed by atoms with Gasteiger partial charge in [0.1, 0.15) is 17.5 Å². The molecule has 192 valence electrons. The van der Waals surface area contributed by atoms with E-state index in [0.29, 0.717) is 37.0 Å². The van der Waals surface area contributed by atoms with Gasteiger partial charge in [0.15, 0.2) is 0 Å². The van der Waals surface area contributed by atoms with Crippen molar-refractivity contribution in [2.45, 2.75) is 64.5 Å². The van der Waals surface area contributed by atoms with Gasteiger partial charge in [-0.05, 0) is 22.6 Å². The fourth-order valence-corrected chi connectivity index (χ4v) is 4.81. The van der Waals surface area contributed by atoms with E-state index in [0.717, 1.165) is 29.1 Å². The summed E-state index contributed by atoms with van der Waals surface area (Å²) in [5.74, 6) is 1.31. The van der Waals surface area contributed by atoms with E-state index < -0.39 is 11.7 Å². The Morgan fingerprint density at radius 3 is 2.28 bits per heavy atom. The summed E-state index contributed by atoms with van der Waals surface area (Å²) in [5.41, 5.74) is 9.57. The van der Waals surface area contributed by atoms with Crippen molar-refractivity contribution in [3.63, 3.8) is 0 Å². The first-order valence-electron chi connectivity index (χ1n) is 12.0. The molecule has 0 radical (unpaired) electrons. The van der Waals surface area contributed by atoms with Gasteiger partial charge in [0.2, 0.25) is 0 Å². The Morgan fingerprint density at radius 1 is 1.06 bits per heavy atom. The number of alkyl halides is 3. The maximum atomic E-state index is 13.2. The highest BCUT2D eigenvalue weighted by Gasteiger charge is 2.34. The fraction of sp³-hybridized carbons (Fsp3) is 0.444. The highest BCUT2D eigenvalue weighted by atomic mass is 35.5. The van der Waals surface area contributed by atoms with Gasteiger partial charge < -0.3 is 10.6 Å². The minimum absolute atomic E-state index is 0.00208. The van der Waals surface area contributed by atoms with E-state index in [1.54, 1.807) is 0 Å². The Morgan fingerprint density at radius 2 is 1.72 bits per heavy atom. The van der Waals surface area contributed by atoms with Crippen molar-refractivity contribution in [2.24, 2.45) is 0 Å². The molecule has 2 N–H and O–H groups in total. The molecule has 1 atom stereocenters. The number of fused-ring (bicyclic) bond motifs is 1. The third-order valence-electron chi connectivity index (χ3n) is 6.59. The number of anilines is 2. The summed E-state index contributed by atoms with van der Waals surface area (Å²) in [4.78, 5) is 15.5. The lowest BCUT2D eigenvalue weighted by Gasteiger charge is -2.28.